The number of nitrogens with zero attached hydrogens (tertiary/aromatic N) is 4. The molecular formula is C22H26N6O. The van der Waals surface area contributed by atoms with Crippen LogP contribution in [0.3, 0.4) is 0 Å². The minimum atomic E-state index is -0.196. The molecule has 2 aromatic rings. The van der Waals surface area contributed by atoms with Gasteiger partial charge in [-0.15, -0.1) is 0 Å². The van der Waals surface area contributed by atoms with Crippen molar-refractivity contribution in [3.63, 3.8) is 0 Å². The maximum absolute atomic E-state index is 12.5. The summed E-state index contributed by atoms with van der Waals surface area (Å²) in [6.45, 7) is 5.70. The number of hydrazone groups is 1. The number of carbonyl (C=O) groups excluding carboxylic acids is 1. The van der Waals surface area contributed by atoms with Gasteiger partial charge in [-0.2, -0.15) is 5.10 Å². The number of rotatable bonds is 6. The topological polar surface area (TPSA) is 86.3 Å². The van der Waals surface area contributed by atoms with Gasteiger partial charge >= 0.3 is 0 Å². The molecule has 0 atom stereocenters. The Hall–Kier alpha value is -2.80. The largest absolute Gasteiger partial charge is 0.359 e. The van der Waals surface area contributed by atoms with Crippen LogP contribution in [0.1, 0.15) is 59.8 Å². The van der Waals surface area contributed by atoms with E-state index in [0.717, 1.165) is 18.7 Å². The summed E-state index contributed by atoms with van der Waals surface area (Å²) < 4.78 is 0. The number of hydrogen-bond donors (Lipinski definition) is 2. The third-order valence-electron chi connectivity index (χ3n) is 6.12. The van der Waals surface area contributed by atoms with E-state index in [2.05, 4.69) is 37.3 Å². The lowest BCUT2D eigenvalue weighted by atomic mass is 9.99. The molecule has 4 heterocycles. The van der Waals surface area contributed by atoms with E-state index in [1.54, 1.807) is 18.6 Å². The summed E-state index contributed by atoms with van der Waals surface area (Å²) in [7, 11) is 0. The van der Waals surface area contributed by atoms with E-state index in [-0.39, 0.29) is 5.91 Å². The fraction of sp³-hybridized carbons (Fsp3) is 0.455. The van der Waals surface area contributed by atoms with Gasteiger partial charge in [0.15, 0.2) is 0 Å². The molecule has 29 heavy (non-hydrogen) atoms. The van der Waals surface area contributed by atoms with Crippen molar-refractivity contribution in [3.05, 3.63) is 52.4 Å². The van der Waals surface area contributed by atoms with E-state index in [4.69, 9.17) is 0 Å². The monoisotopic (exact) mass is 390 g/mol. The molecule has 1 saturated carbocycles. The Labute approximate surface area is 170 Å². The summed E-state index contributed by atoms with van der Waals surface area (Å²) in [5, 5.41) is 4.20. The van der Waals surface area contributed by atoms with Crippen molar-refractivity contribution in [1.82, 2.24) is 25.3 Å². The highest BCUT2D eigenvalue weighted by molar-refractivity contribution is 6.32. The van der Waals surface area contributed by atoms with E-state index in [1.165, 1.54) is 55.6 Å². The maximum Gasteiger partial charge on any atom is 0.273 e. The molecule has 5 rings (SSSR count). The van der Waals surface area contributed by atoms with Crippen molar-refractivity contribution < 1.29 is 4.79 Å². The van der Waals surface area contributed by atoms with Gasteiger partial charge in [-0.1, -0.05) is 0 Å². The summed E-state index contributed by atoms with van der Waals surface area (Å²) in [5.74, 6) is 0.403. The first-order chi connectivity index (χ1) is 14.2. The summed E-state index contributed by atoms with van der Waals surface area (Å²) in [5.41, 5.74) is 9.36. The zero-order chi connectivity index (χ0) is 19.8. The molecule has 0 radical (unpaired) electrons. The number of likely N-dealkylation sites (tertiary alicyclic amines) is 1. The molecule has 2 N–H and O–H groups in total. The quantitative estimate of drug-likeness (QED) is 0.742. The number of aryl methyl sites for hydroxylation is 1. The molecule has 7 heteroatoms. The number of hydrogen-bond acceptors (Lipinski definition) is 5. The first kappa shape index (κ1) is 18.2. The molecule has 7 nitrogen and oxygen atoms in total. The van der Waals surface area contributed by atoms with Gasteiger partial charge < -0.3 is 9.88 Å². The van der Waals surface area contributed by atoms with Gasteiger partial charge in [0, 0.05) is 30.3 Å². The first-order valence-corrected chi connectivity index (χ1v) is 10.5. The van der Waals surface area contributed by atoms with Gasteiger partial charge in [0.1, 0.15) is 11.4 Å². The van der Waals surface area contributed by atoms with Crippen LogP contribution in [-0.2, 0) is 11.2 Å². The minimum absolute atomic E-state index is 0.196. The molecule has 1 aliphatic carbocycles. The Morgan fingerprint density at radius 1 is 1.24 bits per heavy atom. The third kappa shape index (κ3) is 3.62. The van der Waals surface area contributed by atoms with Crippen molar-refractivity contribution in [1.29, 1.82) is 0 Å². The predicted octanol–water partition coefficient (Wildman–Crippen LogP) is 2.55. The average molecular weight is 390 g/mol. The van der Waals surface area contributed by atoms with Crippen LogP contribution >= 0.6 is 0 Å². The molecule has 0 unspecified atom stereocenters. The molecule has 150 valence electrons. The van der Waals surface area contributed by atoms with Crippen molar-refractivity contribution in [2.75, 3.05) is 19.6 Å². The number of aromatic nitrogens is 3. The maximum atomic E-state index is 12.5. The highest BCUT2D eigenvalue weighted by atomic mass is 16.2. The van der Waals surface area contributed by atoms with Gasteiger partial charge in [0.05, 0.1) is 11.8 Å². The number of carbonyl (C=O) groups is 1. The normalized spacial score (nSPS) is 21.1. The first-order valence-electron chi connectivity index (χ1n) is 10.5. The second-order valence-electron chi connectivity index (χ2n) is 8.18. The van der Waals surface area contributed by atoms with E-state index < -0.39 is 0 Å². The lowest BCUT2D eigenvalue weighted by molar-refractivity contribution is -0.116. The summed E-state index contributed by atoms with van der Waals surface area (Å²) in [4.78, 5) is 27.0. The molecule has 2 aliphatic heterocycles. The Kier molecular flexibility index (Phi) is 4.75. The van der Waals surface area contributed by atoms with Gasteiger partial charge in [-0.25, -0.2) is 5.43 Å². The van der Waals surface area contributed by atoms with Crippen molar-refractivity contribution >= 4 is 17.7 Å². The van der Waals surface area contributed by atoms with Gasteiger partial charge in [0.2, 0.25) is 0 Å². The van der Waals surface area contributed by atoms with Crippen LogP contribution < -0.4 is 5.43 Å². The standard InChI is InChI=1S/C22H26N6O/c1-14-16(6-11-28-9-2-3-10-28)20(15-4-5-15)18(25-14)12-17-21(26-27-22(17)29)19-13-23-7-8-24-19/h7-8,12-13,15,25H,2-6,9-11H2,1H3,(H,27,29). The molecule has 0 aromatic carbocycles. The molecular weight excluding hydrogens is 364 g/mol. The molecule has 1 saturated heterocycles. The smallest absolute Gasteiger partial charge is 0.273 e. The molecule has 2 fully saturated rings. The summed E-state index contributed by atoms with van der Waals surface area (Å²) in [6, 6.07) is 0. The number of aromatic amines is 1. The van der Waals surface area contributed by atoms with Crippen LogP contribution in [0.15, 0.2) is 29.3 Å². The highest BCUT2D eigenvalue weighted by Crippen LogP contribution is 2.45. The average Bonchev–Trinajstić information content (AvgIpc) is 3.16. The van der Waals surface area contributed by atoms with E-state index in [9.17, 15) is 4.79 Å². The molecule has 2 aromatic heterocycles. The van der Waals surface area contributed by atoms with Crippen LogP contribution in [0.2, 0.25) is 0 Å². The fourth-order valence-electron chi connectivity index (χ4n) is 4.49. The number of amides is 1. The van der Waals surface area contributed by atoms with Gasteiger partial charge in [-0.3, -0.25) is 14.8 Å². The Morgan fingerprint density at radius 2 is 2.07 bits per heavy atom. The summed E-state index contributed by atoms with van der Waals surface area (Å²) >= 11 is 0. The molecule has 3 aliphatic rings. The Balaban J connectivity index is 1.48. The van der Waals surface area contributed by atoms with E-state index in [0.29, 0.717) is 22.9 Å². The minimum Gasteiger partial charge on any atom is -0.359 e. The van der Waals surface area contributed by atoms with E-state index >= 15 is 0 Å². The zero-order valence-corrected chi connectivity index (χ0v) is 16.7. The predicted molar refractivity (Wildman–Crippen MR) is 112 cm³/mol. The second kappa shape index (κ2) is 7.55. The van der Waals surface area contributed by atoms with Crippen LogP contribution in [0.25, 0.3) is 6.08 Å². The van der Waals surface area contributed by atoms with Crippen LogP contribution in [0, 0.1) is 6.92 Å². The lowest BCUT2D eigenvalue weighted by Gasteiger charge is -2.15. The lowest BCUT2D eigenvalue weighted by Crippen LogP contribution is -2.22. The molecule has 0 bridgehead atoms. The summed E-state index contributed by atoms with van der Waals surface area (Å²) in [6.07, 6.45) is 13.0. The fourth-order valence-corrected chi connectivity index (χ4v) is 4.49. The number of nitrogens with one attached hydrogen (secondary N) is 2. The molecule has 0 spiro atoms. The zero-order valence-electron chi connectivity index (χ0n) is 16.7. The molecule has 1 amide bonds. The van der Waals surface area contributed by atoms with Crippen LogP contribution in [0.4, 0.5) is 0 Å². The van der Waals surface area contributed by atoms with Gasteiger partial charge in [-0.05, 0) is 75.2 Å². The van der Waals surface area contributed by atoms with Gasteiger partial charge in [0.25, 0.3) is 5.91 Å². The highest BCUT2D eigenvalue weighted by Gasteiger charge is 2.32. The Bertz CT molecular complexity index is 980. The Morgan fingerprint density at radius 3 is 2.79 bits per heavy atom. The SMILES string of the molecule is Cc1[nH]c(C=C2C(=O)NN=C2c2cnccn2)c(C2CC2)c1CCN1CCCC1. The van der Waals surface area contributed by atoms with Crippen molar-refractivity contribution in [3.8, 4) is 0 Å². The van der Waals surface area contributed by atoms with Crippen molar-refractivity contribution in [2.24, 2.45) is 5.10 Å². The third-order valence-corrected chi connectivity index (χ3v) is 6.12. The van der Waals surface area contributed by atoms with Crippen molar-refractivity contribution in [2.45, 2.75) is 44.9 Å². The van der Waals surface area contributed by atoms with Crippen LogP contribution in [-0.4, -0.2) is 51.1 Å². The van der Waals surface area contributed by atoms with Crippen LogP contribution in [0.5, 0.6) is 0 Å². The number of H-pyrrole nitrogens is 1. The second-order valence-corrected chi connectivity index (χ2v) is 8.18. The van der Waals surface area contributed by atoms with E-state index in [1.807, 2.05) is 6.08 Å².